The zero-order chi connectivity index (χ0) is 21.5. The maximum atomic E-state index is 10.3. The van der Waals surface area contributed by atoms with Crippen LogP contribution in [0.5, 0.6) is 0 Å². The minimum Gasteiger partial charge on any atom is -0.393 e. The third-order valence-electron chi connectivity index (χ3n) is 10.9. The molecule has 0 bridgehead atoms. The van der Waals surface area contributed by atoms with Crippen molar-refractivity contribution < 1.29 is 5.11 Å². The fraction of sp³-hybridized carbons (Fsp3) is 0.931. The van der Waals surface area contributed by atoms with E-state index in [1.54, 1.807) is 0 Å². The summed E-state index contributed by atoms with van der Waals surface area (Å²) in [5.74, 6) is 4.37. The van der Waals surface area contributed by atoms with Crippen molar-refractivity contribution in [1.82, 2.24) is 0 Å². The van der Waals surface area contributed by atoms with Crippen LogP contribution >= 0.6 is 0 Å². The van der Waals surface area contributed by atoms with Crippen LogP contribution < -0.4 is 0 Å². The van der Waals surface area contributed by atoms with E-state index in [0.717, 1.165) is 42.4 Å². The second-order valence-corrected chi connectivity index (χ2v) is 12.6. The Kier molecular flexibility index (Phi) is 6.80. The van der Waals surface area contributed by atoms with Crippen LogP contribution in [0.2, 0.25) is 0 Å². The van der Waals surface area contributed by atoms with Gasteiger partial charge < -0.3 is 5.11 Å². The van der Waals surface area contributed by atoms with E-state index in [1.165, 1.54) is 77.0 Å². The molecule has 0 saturated heterocycles. The summed E-state index contributed by atoms with van der Waals surface area (Å²) >= 11 is 0. The van der Waals surface area contributed by atoms with Crippen molar-refractivity contribution in [1.29, 1.82) is 0 Å². The van der Waals surface area contributed by atoms with Crippen LogP contribution in [0.25, 0.3) is 0 Å². The zero-order valence-corrected chi connectivity index (χ0v) is 20.8. The number of rotatable bonds is 7. The van der Waals surface area contributed by atoms with Gasteiger partial charge in [0.25, 0.3) is 0 Å². The van der Waals surface area contributed by atoms with Gasteiger partial charge in [-0.3, -0.25) is 0 Å². The maximum Gasteiger partial charge on any atom is 0.0543 e. The second-order valence-electron chi connectivity index (χ2n) is 12.6. The van der Waals surface area contributed by atoms with E-state index < -0.39 is 0 Å². The molecule has 4 aliphatic carbocycles. The first kappa shape index (κ1) is 22.9. The summed E-state index contributed by atoms with van der Waals surface area (Å²) in [5.41, 5.74) is 4.78. The van der Waals surface area contributed by atoms with E-state index in [-0.39, 0.29) is 6.10 Å². The van der Waals surface area contributed by atoms with Gasteiger partial charge in [0.15, 0.2) is 0 Å². The normalized spacial score (nSPS) is 43.0. The van der Waals surface area contributed by atoms with Crippen LogP contribution in [0.1, 0.15) is 125 Å². The highest BCUT2D eigenvalue weighted by molar-refractivity contribution is 5.34. The van der Waals surface area contributed by atoms with Crippen LogP contribution in [0, 0.1) is 40.4 Å². The lowest BCUT2D eigenvalue weighted by molar-refractivity contribution is 0.0132. The Bertz CT molecular complexity index is 634. The van der Waals surface area contributed by atoms with Crippen molar-refractivity contribution in [2.45, 2.75) is 131 Å². The quantitative estimate of drug-likeness (QED) is 0.415. The topological polar surface area (TPSA) is 20.2 Å². The third kappa shape index (κ3) is 3.95. The standard InChI is InChI=1S/C29H50O/c1-6-8-20(2)9-7-10-21(3)25-13-14-26-24-12-11-22-19-23(30)15-17-28(22,4)27(24)16-18-29(25,26)5/h20-23,25-26,30H,6-19H2,1-5H3/t20?,21-,22?,23?,25-,26+,28+,29-/m1/s1. The molecule has 172 valence electrons. The van der Waals surface area contributed by atoms with E-state index in [2.05, 4.69) is 34.6 Å². The Balaban J connectivity index is 1.45. The first-order valence-corrected chi connectivity index (χ1v) is 13.7. The molecule has 1 N–H and O–H groups in total. The monoisotopic (exact) mass is 414 g/mol. The average Bonchev–Trinajstić information content (AvgIpc) is 3.06. The van der Waals surface area contributed by atoms with Gasteiger partial charge in [-0.1, -0.05) is 77.9 Å². The van der Waals surface area contributed by atoms with Gasteiger partial charge in [0.05, 0.1) is 6.10 Å². The first-order valence-electron chi connectivity index (χ1n) is 13.7. The van der Waals surface area contributed by atoms with Crippen LogP contribution in [0.3, 0.4) is 0 Å². The molecule has 2 fully saturated rings. The van der Waals surface area contributed by atoms with Gasteiger partial charge in [-0.15, -0.1) is 0 Å². The molecule has 0 aromatic rings. The number of aliphatic hydroxyl groups is 1. The number of fused-ring (bicyclic) bond motifs is 4. The number of hydrogen-bond acceptors (Lipinski definition) is 1. The van der Waals surface area contributed by atoms with Crippen molar-refractivity contribution in [3.8, 4) is 0 Å². The van der Waals surface area contributed by atoms with Gasteiger partial charge in [-0.2, -0.15) is 0 Å². The predicted molar refractivity (Wildman–Crippen MR) is 128 cm³/mol. The molecule has 4 aliphatic rings. The van der Waals surface area contributed by atoms with E-state index in [1.807, 2.05) is 11.1 Å². The van der Waals surface area contributed by atoms with Crippen LogP contribution in [0.15, 0.2) is 11.1 Å². The molecule has 1 heteroatoms. The summed E-state index contributed by atoms with van der Waals surface area (Å²) in [7, 11) is 0. The predicted octanol–water partition coefficient (Wildman–Crippen LogP) is 8.31. The molecule has 3 unspecified atom stereocenters. The summed E-state index contributed by atoms with van der Waals surface area (Å²) in [6.07, 6.45) is 18.8. The van der Waals surface area contributed by atoms with Gasteiger partial charge in [0.2, 0.25) is 0 Å². The van der Waals surface area contributed by atoms with E-state index in [9.17, 15) is 5.11 Å². The van der Waals surface area contributed by atoms with Gasteiger partial charge in [-0.25, -0.2) is 0 Å². The molecule has 0 aliphatic heterocycles. The largest absolute Gasteiger partial charge is 0.393 e. The summed E-state index contributed by atoms with van der Waals surface area (Å²) in [6.45, 7) is 12.6. The second kappa shape index (κ2) is 8.92. The Morgan fingerprint density at radius 1 is 0.967 bits per heavy atom. The van der Waals surface area contributed by atoms with Gasteiger partial charge in [-0.05, 0) is 98.2 Å². The Morgan fingerprint density at radius 2 is 1.77 bits per heavy atom. The van der Waals surface area contributed by atoms with Crippen LogP contribution in [0.4, 0.5) is 0 Å². The Labute approximate surface area is 187 Å². The molecular weight excluding hydrogens is 364 g/mol. The van der Waals surface area contributed by atoms with E-state index >= 15 is 0 Å². The Morgan fingerprint density at radius 3 is 2.53 bits per heavy atom. The van der Waals surface area contributed by atoms with Crippen LogP contribution in [-0.2, 0) is 0 Å². The summed E-state index contributed by atoms with van der Waals surface area (Å²) in [6, 6.07) is 0. The SMILES string of the molecule is CCCC(C)CCC[C@@H](C)[C@H]1CC[C@H]2C3=C(CC[C@]12C)[C@@]1(C)CCC(O)CC1CC3. The molecule has 0 spiro atoms. The summed E-state index contributed by atoms with van der Waals surface area (Å²) < 4.78 is 0. The number of hydrogen-bond donors (Lipinski definition) is 1. The highest BCUT2D eigenvalue weighted by atomic mass is 16.3. The lowest BCUT2D eigenvalue weighted by atomic mass is 9.50. The fourth-order valence-corrected chi connectivity index (χ4v) is 9.04. The van der Waals surface area contributed by atoms with Crippen molar-refractivity contribution in [3.05, 3.63) is 11.1 Å². The molecule has 0 amide bonds. The molecular formula is C29H50O. The molecule has 0 heterocycles. The molecule has 0 aromatic carbocycles. The highest BCUT2D eigenvalue weighted by Crippen LogP contribution is 2.66. The molecule has 2 saturated carbocycles. The third-order valence-corrected chi connectivity index (χ3v) is 10.9. The molecule has 4 rings (SSSR count). The van der Waals surface area contributed by atoms with Crippen molar-refractivity contribution in [2.24, 2.45) is 40.4 Å². The van der Waals surface area contributed by atoms with Crippen molar-refractivity contribution >= 4 is 0 Å². The molecule has 30 heavy (non-hydrogen) atoms. The number of allylic oxidation sites excluding steroid dienone is 2. The van der Waals surface area contributed by atoms with E-state index in [0.29, 0.717) is 10.8 Å². The lowest BCUT2D eigenvalue weighted by Crippen LogP contribution is -2.45. The summed E-state index contributed by atoms with van der Waals surface area (Å²) in [5, 5.41) is 10.3. The van der Waals surface area contributed by atoms with Crippen LogP contribution in [-0.4, -0.2) is 11.2 Å². The maximum absolute atomic E-state index is 10.3. The minimum absolute atomic E-state index is 0.0316. The van der Waals surface area contributed by atoms with Gasteiger partial charge in [0, 0.05) is 0 Å². The molecule has 8 atom stereocenters. The highest BCUT2D eigenvalue weighted by Gasteiger charge is 2.55. The minimum atomic E-state index is -0.0316. The van der Waals surface area contributed by atoms with E-state index in [4.69, 9.17) is 0 Å². The molecule has 0 aromatic heterocycles. The first-order chi connectivity index (χ1) is 14.3. The van der Waals surface area contributed by atoms with Crippen molar-refractivity contribution in [2.75, 3.05) is 0 Å². The van der Waals surface area contributed by atoms with Gasteiger partial charge >= 0.3 is 0 Å². The number of aliphatic hydroxyl groups excluding tert-OH is 1. The smallest absolute Gasteiger partial charge is 0.0543 e. The Hall–Kier alpha value is -0.300. The zero-order valence-electron chi connectivity index (χ0n) is 20.8. The van der Waals surface area contributed by atoms with Gasteiger partial charge in [0.1, 0.15) is 0 Å². The average molecular weight is 415 g/mol. The van der Waals surface area contributed by atoms with Crippen molar-refractivity contribution in [3.63, 3.8) is 0 Å². The lowest BCUT2D eigenvalue weighted by Gasteiger charge is -2.55. The molecule has 1 nitrogen and oxygen atoms in total. The summed E-state index contributed by atoms with van der Waals surface area (Å²) in [4.78, 5) is 0. The fourth-order valence-electron chi connectivity index (χ4n) is 9.04. The molecule has 0 radical (unpaired) electrons.